The van der Waals surface area contributed by atoms with Crippen LogP contribution in [0.5, 0.6) is 23.0 Å². The lowest BCUT2D eigenvalue weighted by Crippen LogP contribution is -2.25. The van der Waals surface area contributed by atoms with Gasteiger partial charge in [0.25, 0.3) is 0 Å². The van der Waals surface area contributed by atoms with E-state index in [1.165, 1.54) is 6.07 Å². The molecule has 0 bridgehead atoms. The fourth-order valence-electron chi connectivity index (χ4n) is 4.01. The van der Waals surface area contributed by atoms with Gasteiger partial charge in [-0.2, -0.15) is 0 Å². The van der Waals surface area contributed by atoms with E-state index < -0.39 is 6.10 Å². The molecule has 0 radical (unpaired) electrons. The van der Waals surface area contributed by atoms with Crippen LogP contribution in [-0.4, -0.2) is 55.8 Å². The predicted octanol–water partition coefficient (Wildman–Crippen LogP) is 2.84. The molecule has 1 fully saturated rings. The van der Waals surface area contributed by atoms with Crippen LogP contribution in [-0.2, 0) is 11.3 Å². The Kier molecular flexibility index (Phi) is 8.58. The molecule has 4 N–H and O–H groups in total. The minimum Gasteiger partial charge on any atom is -0.508 e. The molecule has 1 aliphatic rings. The Hall–Kier alpha value is -2.52. The maximum absolute atomic E-state index is 10.4. The number of hydrogen-bond donors (Lipinski definition) is 4. The standard InChI is InChI=1S/C24H33NO7/c1-29-22-11-16(12-23(30-2)24(22)31-3)21-7-5-18(32-21)8-9-25-13-20(28)15-4-6-19(27)17(10-15)14-26/h4,6,10-12,18,20-21,25-28H,5,7-9,13-14H2,1-3H3. The van der Waals surface area contributed by atoms with E-state index in [1.54, 1.807) is 33.5 Å². The summed E-state index contributed by atoms with van der Waals surface area (Å²) in [6.07, 6.45) is 2.04. The van der Waals surface area contributed by atoms with E-state index >= 15 is 0 Å². The molecule has 32 heavy (non-hydrogen) atoms. The molecule has 2 aromatic rings. The first kappa shape index (κ1) is 24.1. The zero-order valence-corrected chi connectivity index (χ0v) is 18.8. The summed E-state index contributed by atoms with van der Waals surface area (Å²) in [5.41, 5.74) is 2.05. The van der Waals surface area contributed by atoms with Gasteiger partial charge in [0.2, 0.25) is 5.75 Å². The van der Waals surface area contributed by atoms with Gasteiger partial charge in [-0.3, -0.25) is 0 Å². The highest BCUT2D eigenvalue weighted by molar-refractivity contribution is 5.54. The smallest absolute Gasteiger partial charge is 0.203 e. The normalized spacial score (nSPS) is 19.0. The van der Waals surface area contributed by atoms with Crippen molar-refractivity contribution in [2.75, 3.05) is 34.4 Å². The van der Waals surface area contributed by atoms with Gasteiger partial charge in [0.15, 0.2) is 11.5 Å². The average molecular weight is 448 g/mol. The maximum atomic E-state index is 10.4. The quantitative estimate of drug-likeness (QED) is 0.390. The fourth-order valence-corrected chi connectivity index (χ4v) is 4.01. The van der Waals surface area contributed by atoms with E-state index in [0.717, 1.165) is 24.8 Å². The number of aliphatic hydroxyl groups is 2. The van der Waals surface area contributed by atoms with E-state index in [1.807, 2.05) is 12.1 Å². The third-order valence-corrected chi connectivity index (χ3v) is 5.81. The number of hydrogen-bond acceptors (Lipinski definition) is 8. The second-order valence-electron chi connectivity index (χ2n) is 7.84. The van der Waals surface area contributed by atoms with Crippen molar-refractivity contribution in [3.8, 4) is 23.0 Å². The number of methoxy groups -OCH3 is 3. The molecule has 0 amide bonds. The molecule has 2 aromatic carbocycles. The largest absolute Gasteiger partial charge is 0.508 e. The summed E-state index contributed by atoms with van der Waals surface area (Å²) in [7, 11) is 4.78. The van der Waals surface area contributed by atoms with Crippen molar-refractivity contribution in [2.24, 2.45) is 0 Å². The summed E-state index contributed by atoms with van der Waals surface area (Å²) in [6, 6.07) is 8.62. The molecule has 3 unspecified atom stereocenters. The second kappa shape index (κ2) is 11.4. The van der Waals surface area contributed by atoms with E-state index in [9.17, 15) is 15.3 Å². The maximum Gasteiger partial charge on any atom is 0.203 e. The van der Waals surface area contributed by atoms with Gasteiger partial charge in [0.05, 0.1) is 46.2 Å². The van der Waals surface area contributed by atoms with E-state index in [-0.39, 0.29) is 24.6 Å². The molecule has 176 valence electrons. The minimum atomic E-state index is -0.725. The average Bonchev–Trinajstić information content (AvgIpc) is 3.29. The van der Waals surface area contributed by atoms with Crippen molar-refractivity contribution in [3.05, 3.63) is 47.0 Å². The highest BCUT2D eigenvalue weighted by Crippen LogP contribution is 2.43. The molecule has 0 aliphatic carbocycles. The van der Waals surface area contributed by atoms with Gasteiger partial charge in [-0.1, -0.05) is 6.07 Å². The molecule has 1 saturated heterocycles. The number of aliphatic hydroxyl groups excluding tert-OH is 2. The molecule has 3 atom stereocenters. The number of ether oxygens (including phenoxy) is 4. The highest BCUT2D eigenvalue weighted by atomic mass is 16.5. The monoisotopic (exact) mass is 447 g/mol. The van der Waals surface area contributed by atoms with Crippen molar-refractivity contribution in [3.63, 3.8) is 0 Å². The molecule has 8 nitrogen and oxygen atoms in total. The van der Waals surface area contributed by atoms with Crippen molar-refractivity contribution in [2.45, 2.75) is 44.2 Å². The Bertz CT molecular complexity index is 864. The molecule has 8 heteroatoms. The highest BCUT2D eigenvalue weighted by Gasteiger charge is 2.28. The summed E-state index contributed by atoms with van der Waals surface area (Å²) in [4.78, 5) is 0. The van der Waals surface area contributed by atoms with Crippen LogP contribution in [0, 0.1) is 0 Å². The molecule has 3 rings (SSSR count). The first-order valence-electron chi connectivity index (χ1n) is 10.8. The summed E-state index contributed by atoms with van der Waals surface area (Å²) in [6.45, 7) is 0.805. The van der Waals surface area contributed by atoms with E-state index in [0.29, 0.717) is 41.5 Å². The lowest BCUT2D eigenvalue weighted by molar-refractivity contribution is 0.0394. The number of benzene rings is 2. The van der Waals surface area contributed by atoms with Crippen LogP contribution in [0.3, 0.4) is 0 Å². The van der Waals surface area contributed by atoms with Crippen LogP contribution in [0.4, 0.5) is 0 Å². The van der Waals surface area contributed by atoms with Gasteiger partial charge in [-0.25, -0.2) is 0 Å². The summed E-state index contributed by atoms with van der Waals surface area (Å²) < 4.78 is 22.5. The van der Waals surface area contributed by atoms with Crippen LogP contribution in [0.15, 0.2) is 30.3 Å². The molecule has 1 heterocycles. The van der Waals surface area contributed by atoms with Gasteiger partial charge >= 0.3 is 0 Å². The molecule has 0 spiro atoms. The fraction of sp³-hybridized carbons (Fsp3) is 0.500. The topological polar surface area (TPSA) is 110 Å². The van der Waals surface area contributed by atoms with Crippen molar-refractivity contribution in [1.29, 1.82) is 0 Å². The zero-order valence-electron chi connectivity index (χ0n) is 18.8. The van der Waals surface area contributed by atoms with Gasteiger partial charge in [0.1, 0.15) is 5.75 Å². The van der Waals surface area contributed by atoms with Gasteiger partial charge in [-0.05, 0) is 61.2 Å². The van der Waals surface area contributed by atoms with Crippen molar-refractivity contribution >= 4 is 0 Å². The third-order valence-electron chi connectivity index (χ3n) is 5.81. The van der Waals surface area contributed by atoms with Gasteiger partial charge in [0, 0.05) is 12.1 Å². The van der Waals surface area contributed by atoms with E-state index in [4.69, 9.17) is 18.9 Å². The number of rotatable bonds is 11. The molecule has 0 aromatic heterocycles. The molecular weight excluding hydrogens is 414 g/mol. The molecular formula is C24H33NO7. The van der Waals surface area contributed by atoms with Crippen molar-refractivity contribution < 1.29 is 34.3 Å². The minimum absolute atomic E-state index is 0.0245. The predicted molar refractivity (Wildman–Crippen MR) is 119 cm³/mol. The van der Waals surface area contributed by atoms with Gasteiger partial charge < -0.3 is 39.6 Å². The lowest BCUT2D eigenvalue weighted by atomic mass is 10.0. The summed E-state index contributed by atoms with van der Waals surface area (Å²) in [5, 5.41) is 32.5. The van der Waals surface area contributed by atoms with Crippen molar-refractivity contribution in [1.82, 2.24) is 5.32 Å². The zero-order chi connectivity index (χ0) is 23.1. The van der Waals surface area contributed by atoms with E-state index in [2.05, 4.69) is 5.32 Å². The Morgan fingerprint density at radius 3 is 2.41 bits per heavy atom. The Morgan fingerprint density at radius 2 is 1.78 bits per heavy atom. The van der Waals surface area contributed by atoms with Gasteiger partial charge in [-0.15, -0.1) is 0 Å². The number of phenols is 1. The Labute approximate surface area is 188 Å². The first-order chi connectivity index (χ1) is 15.5. The van der Waals surface area contributed by atoms with Crippen LogP contribution >= 0.6 is 0 Å². The number of aromatic hydroxyl groups is 1. The first-order valence-corrected chi connectivity index (χ1v) is 10.8. The third kappa shape index (κ3) is 5.63. The lowest BCUT2D eigenvalue weighted by Gasteiger charge is -2.18. The van der Waals surface area contributed by atoms with Crippen LogP contribution in [0.2, 0.25) is 0 Å². The number of nitrogens with one attached hydrogen (secondary N) is 1. The Balaban J connectivity index is 1.49. The SMILES string of the molecule is COc1cc(C2CCC(CCNCC(O)c3ccc(O)c(CO)c3)O2)cc(OC)c1OC. The summed E-state index contributed by atoms with van der Waals surface area (Å²) in [5.74, 6) is 1.82. The molecule has 1 aliphatic heterocycles. The van der Waals surface area contributed by atoms with Crippen LogP contribution < -0.4 is 19.5 Å². The van der Waals surface area contributed by atoms with Crippen LogP contribution in [0.25, 0.3) is 0 Å². The van der Waals surface area contributed by atoms with Crippen LogP contribution in [0.1, 0.15) is 48.2 Å². The second-order valence-corrected chi connectivity index (χ2v) is 7.84. The Morgan fingerprint density at radius 1 is 1.06 bits per heavy atom. The molecule has 0 saturated carbocycles. The summed E-state index contributed by atoms with van der Waals surface area (Å²) >= 11 is 0.